The minimum atomic E-state index is -0.672. The van der Waals surface area contributed by atoms with Crippen molar-refractivity contribution in [2.75, 3.05) is 6.61 Å². The van der Waals surface area contributed by atoms with Gasteiger partial charge in [0.1, 0.15) is 24.0 Å². The zero-order chi connectivity index (χ0) is 12.0. The number of carbonyl (C=O) groups is 1. The molecule has 1 aromatic carbocycles. The summed E-state index contributed by atoms with van der Waals surface area (Å²) in [4.78, 5) is 10.7. The van der Waals surface area contributed by atoms with E-state index in [1.807, 2.05) is 0 Å². The van der Waals surface area contributed by atoms with E-state index in [-0.39, 0.29) is 18.2 Å². The molecule has 1 aromatic rings. The van der Waals surface area contributed by atoms with Crippen molar-refractivity contribution in [2.45, 2.75) is 25.9 Å². The van der Waals surface area contributed by atoms with Crippen molar-refractivity contribution < 1.29 is 19.0 Å². The Morgan fingerprint density at radius 2 is 2.06 bits per heavy atom. The molecule has 3 nitrogen and oxygen atoms in total. The van der Waals surface area contributed by atoms with Gasteiger partial charge in [-0.25, -0.2) is 4.39 Å². The highest BCUT2D eigenvalue weighted by atomic mass is 19.1. The molecule has 1 atom stereocenters. The molecule has 4 heteroatoms. The quantitative estimate of drug-likeness (QED) is 0.806. The lowest BCUT2D eigenvalue weighted by atomic mass is 10.1. The molecule has 0 bridgehead atoms. The number of aliphatic hydroxyl groups excluding tert-OH is 1. The van der Waals surface area contributed by atoms with Crippen molar-refractivity contribution in [1.82, 2.24) is 0 Å². The van der Waals surface area contributed by atoms with E-state index in [1.54, 1.807) is 0 Å². The standard InChI is InChI=1S/C12H15FO3/c1-9(14)2-5-11(15)8-16-12-6-3-10(13)4-7-12/h3-4,6-7,11,15H,2,5,8H2,1H3. The van der Waals surface area contributed by atoms with Crippen LogP contribution in [0, 0.1) is 5.82 Å². The van der Waals surface area contributed by atoms with Gasteiger partial charge in [-0.3, -0.25) is 0 Å². The molecule has 1 N–H and O–H groups in total. The first-order valence-electron chi connectivity index (χ1n) is 5.14. The SMILES string of the molecule is CC(=O)CCC(O)COc1ccc(F)cc1. The minimum absolute atomic E-state index is 0.0424. The molecule has 0 spiro atoms. The Labute approximate surface area is 93.9 Å². The summed E-state index contributed by atoms with van der Waals surface area (Å²) >= 11 is 0. The van der Waals surface area contributed by atoms with E-state index in [0.717, 1.165) is 0 Å². The van der Waals surface area contributed by atoms with Crippen LogP contribution in [-0.4, -0.2) is 23.6 Å². The summed E-state index contributed by atoms with van der Waals surface area (Å²) in [6.07, 6.45) is 0.0544. The number of ether oxygens (including phenoxy) is 1. The molecular weight excluding hydrogens is 211 g/mol. The maximum Gasteiger partial charge on any atom is 0.129 e. The average Bonchev–Trinajstić information content (AvgIpc) is 2.25. The fourth-order valence-corrected chi connectivity index (χ4v) is 1.18. The van der Waals surface area contributed by atoms with Crippen LogP contribution >= 0.6 is 0 Å². The van der Waals surface area contributed by atoms with Gasteiger partial charge in [0.2, 0.25) is 0 Å². The molecule has 0 aliphatic carbocycles. The fraction of sp³-hybridized carbons (Fsp3) is 0.417. The lowest BCUT2D eigenvalue weighted by molar-refractivity contribution is -0.117. The Morgan fingerprint density at radius 3 is 2.62 bits per heavy atom. The highest BCUT2D eigenvalue weighted by Crippen LogP contribution is 2.11. The Balaban J connectivity index is 2.28. The summed E-state index contributed by atoms with van der Waals surface area (Å²) in [5, 5.41) is 9.46. The second-order valence-corrected chi connectivity index (χ2v) is 3.66. The zero-order valence-electron chi connectivity index (χ0n) is 9.15. The van der Waals surface area contributed by atoms with Gasteiger partial charge >= 0.3 is 0 Å². The zero-order valence-corrected chi connectivity index (χ0v) is 9.15. The van der Waals surface area contributed by atoms with Gasteiger partial charge in [0.05, 0.1) is 6.10 Å². The fourth-order valence-electron chi connectivity index (χ4n) is 1.18. The van der Waals surface area contributed by atoms with E-state index in [0.29, 0.717) is 18.6 Å². The molecule has 0 radical (unpaired) electrons. The van der Waals surface area contributed by atoms with Crippen molar-refractivity contribution in [2.24, 2.45) is 0 Å². The van der Waals surface area contributed by atoms with Crippen molar-refractivity contribution in [3.63, 3.8) is 0 Å². The normalized spacial score (nSPS) is 12.2. The molecule has 1 rings (SSSR count). The van der Waals surface area contributed by atoms with Crippen molar-refractivity contribution in [3.8, 4) is 5.75 Å². The lowest BCUT2D eigenvalue weighted by Gasteiger charge is -2.11. The second-order valence-electron chi connectivity index (χ2n) is 3.66. The van der Waals surface area contributed by atoms with Gasteiger partial charge in [0.15, 0.2) is 0 Å². The molecular formula is C12H15FO3. The van der Waals surface area contributed by atoms with E-state index in [2.05, 4.69) is 0 Å². The molecule has 0 heterocycles. The van der Waals surface area contributed by atoms with Gasteiger partial charge < -0.3 is 14.6 Å². The molecule has 88 valence electrons. The number of benzene rings is 1. The van der Waals surface area contributed by atoms with Crippen LogP contribution in [0.3, 0.4) is 0 Å². The number of rotatable bonds is 6. The number of Topliss-reactive ketones (excluding diaryl/α,β-unsaturated/α-hetero) is 1. The predicted octanol–water partition coefficient (Wildman–Crippen LogP) is 1.93. The van der Waals surface area contributed by atoms with Gasteiger partial charge in [-0.05, 0) is 37.6 Å². The van der Waals surface area contributed by atoms with Crippen LogP contribution in [0.25, 0.3) is 0 Å². The highest BCUT2D eigenvalue weighted by molar-refractivity contribution is 5.75. The molecule has 0 aliphatic heterocycles. The summed E-state index contributed by atoms with van der Waals surface area (Å²) in [6.45, 7) is 1.59. The Bertz CT molecular complexity index is 335. The smallest absolute Gasteiger partial charge is 0.129 e. The van der Waals surface area contributed by atoms with Crippen molar-refractivity contribution in [1.29, 1.82) is 0 Å². The topological polar surface area (TPSA) is 46.5 Å². The first kappa shape index (κ1) is 12.6. The van der Waals surface area contributed by atoms with E-state index in [4.69, 9.17) is 4.74 Å². The minimum Gasteiger partial charge on any atom is -0.491 e. The number of carbonyl (C=O) groups excluding carboxylic acids is 1. The van der Waals surface area contributed by atoms with Gasteiger partial charge in [-0.15, -0.1) is 0 Å². The number of hydrogen-bond donors (Lipinski definition) is 1. The van der Waals surface area contributed by atoms with Crippen LogP contribution in [0.15, 0.2) is 24.3 Å². The van der Waals surface area contributed by atoms with Crippen LogP contribution in [0.5, 0.6) is 5.75 Å². The summed E-state index contributed by atoms with van der Waals surface area (Å²) in [5.74, 6) is 0.216. The van der Waals surface area contributed by atoms with Gasteiger partial charge in [0, 0.05) is 6.42 Å². The molecule has 0 aromatic heterocycles. The van der Waals surface area contributed by atoms with Crippen molar-refractivity contribution >= 4 is 5.78 Å². The van der Waals surface area contributed by atoms with Crippen molar-refractivity contribution in [3.05, 3.63) is 30.1 Å². The van der Waals surface area contributed by atoms with Crippen LogP contribution in [-0.2, 0) is 4.79 Å². The molecule has 1 unspecified atom stereocenters. The van der Waals surface area contributed by atoms with Gasteiger partial charge in [-0.1, -0.05) is 0 Å². The van der Waals surface area contributed by atoms with Crippen LogP contribution in [0.2, 0.25) is 0 Å². The number of aliphatic hydroxyl groups is 1. The van der Waals surface area contributed by atoms with Gasteiger partial charge in [0.25, 0.3) is 0 Å². The molecule has 0 fully saturated rings. The summed E-state index contributed by atoms with van der Waals surface area (Å²) in [5.41, 5.74) is 0. The Hall–Kier alpha value is -1.42. The molecule has 0 amide bonds. The molecule has 16 heavy (non-hydrogen) atoms. The number of halogens is 1. The lowest BCUT2D eigenvalue weighted by Crippen LogP contribution is -2.18. The van der Waals surface area contributed by atoms with Crippen LogP contribution < -0.4 is 4.74 Å². The Morgan fingerprint density at radius 1 is 1.44 bits per heavy atom. The first-order chi connectivity index (χ1) is 7.58. The van der Waals surface area contributed by atoms with E-state index >= 15 is 0 Å². The summed E-state index contributed by atoms with van der Waals surface area (Å²) in [6, 6.07) is 5.56. The van der Waals surface area contributed by atoms with E-state index < -0.39 is 6.10 Å². The third-order valence-electron chi connectivity index (χ3n) is 2.09. The molecule has 0 saturated carbocycles. The summed E-state index contributed by atoms with van der Waals surface area (Å²) in [7, 11) is 0. The first-order valence-corrected chi connectivity index (χ1v) is 5.14. The van der Waals surface area contributed by atoms with Crippen LogP contribution in [0.4, 0.5) is 4.39 Å². The Kier molecular flexibility index (Phi) is 4.92. The molecule has 0 aliphatic rings. The van der Waals surface area contributed by atoms with Crippen LogP contribution in [0.1, 0.15) is 19.8 Å². The predicted molar refractivity (Wildman–Crippen MR) is 57.8 cm³/mol. The molecule has 0 saturated heterocycles. The average molecular weight is 226 g/mol. The second kappa shape index (κ2) is 6.23. The summed E-state index contributed by atoms with van der Waals surface area (Å²) < 4.78 is 17.8. The maximum absolute atomic E-state index is 12.6. The van der Waals surface area contributed by atoms with E-state index in [9.17, 15) is 14.3 Å². The number of hydrogen-bond acceptors (Lipinski definition) is 3. The van der Waals surface area contributed by atoms with E-state index in [1.165, 1.54) is 31.2 Å². The highest BCUT2D eigenvalue weighted by Gasteiger charge is 2.06. The monoisotopic (exact) mass is 226 g/mol. The largest absolute Gasteiger partial charge is 0.491 e. The number of ketones is 1. The third-order valence-corrected chi connectivity index (χ3v) is 2.09. The third kappa shape index (κ3) is 4.89. The van der Waals surface area contributed by atoms with Gasteiger partial charge in [-0.2, -0.15) is 0 Å². The maximum atomic E-state index is 12.6.